The van der Waals surface area contributed by atoms with Crippen molar-refractivity contribution in [2.24, 2.45) is 0 Å². The third kappa shape index (κ3) is 3.76. The first-order valence-corrected chi connectivity index (χ1v) is 8.04. The number of amides is 1. The maximum Gasteiger partial charge on any atom is 0.356 e. The van der Waals surface area contributed by atoms with Crippen molar-refractivity contribution in [3.63, 3.8) is 0 Å². The van der Waals surface area contributed by atoms with Crippen molar-refractivity contribution in [3.05, 3.63) is 59.7 Å². The van der Waals surface area contributed by atoms with E-state index in [4.69, 9.17) is 5.11 Å². The summed E-state index contributed by atoms with van der Waals surface area (Å²) >= 11 is 0. The van der Waals surface area contributed by atoms with E-state index in [1.54, 1.807) is 0 Å². The van der Waals surface area contributed by atoms with Crippen LogP contribution in [0.4, 0.5) is 0 Å². The Morgan fingerprint density at radius 3 is 2.17 bits per heavy atom. The van der Waals surface area contributed by atoms with Crippen LogP contribution in [0.15, 0.2) is 42.7 Å². The van der Waals surface area contributed by atoms with Gasteiger partial charge < -0.3 is 10.4 Å². The van der Waals surface area contributed by atoms with Gasteiger partial charge in [0.25, 0.3) is 5.91 Å². The molecule has 1 aliphatic rings. The van der Waals surface area contributed by atoms with E-state index in [0.717, 1.165) is 31.9 Å². The predicted molar refractivity (Wildman–Crippen MR) is 87.9 cm³/mol. The number of hydrogen-bond donors (Lipinski definition) is 2. The zero-order valence-electron chi connectivity index (χ0n) is 13.2. The van der Waals surface area contributed by atoms with Crippen molar-refractivity contribution in [3.8, 4) is 0 Å². The van der Waals surface area contributed by atoms with Gasteiger partial charge in [0.15, 0.2) is 5.69 Å². The molecule has 0 spiro atoms. The summed E-state index contributed by atoms with van der Waals surface area (Å²) in [6.07, 6.45) is 6.23. The Hall–Kier alpha value is -2.76. The van der Waals surface area contributed by atoms with E-state index in [9.17, 15) is 9.59 Å². The molecule has 1 aromatic heterocycles. The molecular formula is C18H19N3O3. The van der Waals surface area contributed by atoms with Gasteiger partial charge in [0.1, 0.15) is 5.69 Å². The molecule has 1 saturated carbocycles. The minimum Gasteiger partial charge on any atom is -0.476 e. The summed E-state index contributed by atoms with van der Waals surface area (Å²) in [4.78, 5) is 30.5. The van der Waals surface area contributed by atoms with Gasteiger partial charge in [0.05, 0.1) is 12.4 Å². The van der Waals surface area contributed by atoms with E-state index in [1.165, 1.54) is 11.8 Å². The van der Waals surface area contributed by atoms with Crippen LogP contribution in [-0.2, 0) is 0 Å². The highest BCUT2D eigenvalue weighted by Gasteiger charge is 2.24. The number of rotatable bonds is 4. The van der Waals surface area contributed by atoms with Gasteiger partial charge in [-0.05, 0) is 37.2 Å². The van der Waals surface area contributed by atoms with E-state index in [-0.39, 0.29) is 23.3 Å². The van der Waals surface area contributed by atoms with Crippen LogP contribution in [0.5, 0.6) is 0 Å². The lowest BCUT2D eigenvalue weighted by Crippen LogP contribution is -2.37. The Balaban J connectivity index is 1.54. The van der Waals surface area contributed by atoms with Gasteiger partial charge in [-0.15, -0.1) is 0 Å². The number of benzene rings is 1. The van der Waals surface area contributed by atoms with Crippen LogP contribution in [-0.4, -0.2) is 33.0 Å². The maximum atomic E-state index is 12.2. The number of carbonyl (C=O) groups is 2. The molecule has 0 unspecified atom stereocenters. The zero-order valence-corrected chi connectivity index (χ0v) is 13.2. The Morgan fingerprint density at radius 2 is 1.58 bits per heavy atom. The Bertz CT molecular complexity index is 708. The van der Waals surface area contributed by atoms with Gasteiger partial charge in [-0.3, -0.25) is 4.79 Å². The van der Waals surface area contributed by atoms with E-state index in [1.807, 2.05) is 6.07 Å². The van der Waals surface area contributed by atoms with Gasteiger partial charge in [-0.1, -0.05) is 30.3 Å². The SMILES string of the molecule is O=C(O)c1cnc(C(=O)NC2CCC(c3ccccc3)CC2)cn1. The molecule has 0 aliphatic heterocycles. The molecule has 124 valence electrons. The van der Waals surface area contributed by atoms with E-state index >= 15 is 0 Å². The molecule has 1 aromatic carbocycles. The summed E-state index contributed by atoms with van der Waals surface area (Å²) in [7, 11) is 0. The molecule has 2 aromatic rings. The van der Waals surface area contributed by atoms with Crippen molar-refractivity contribution in [1.82, 2.24) is 15.3 Å². The summed E-state index contributed by atoms with van der Waals surface area (Å²) in [6.45, 7) is 0. The van der Waals surface area contributed by atoms with Crippen LogP contribution in [0.2, 0.25) is 0 Å². The number of hydrogen-bond acceptors (Lipinski definition) is 4. The lowest BCUT2D eigenvalue weighted by atomic mass is 9.82. The van der Waals surface area contributed by atoms with Crippen molar-refractivity contribution in [1.29, 1.82) is 0 Å². The maximum absolute atomic E-state index is 12.2. The quantitative estimate of drug-likeness (QED) is 0.901. The number of carbonyl (C=O) groups excluding carboxylic acids is 1. The molecule has 2 N–H and O–H groups in total. The monoisotopic (exact) mass is 325 g/mol. The van der Waals surface area contributed by atoms with E-state index < -0.39 is 5.97 Å². The summed E-state index contributed by atoms with van der Waals surface area (Å²) in [5.41, 5.74) is 1.33. The van der Waals surface area contributed by atoms with Gasteiger partial charge in [0, 0.05) is 6.04 Å². The minimum atomic E-state index is -1.16. The standard InChI is InChI=1S/C18H19N3O3/c22-17(15-10-20-16(11-19-15)18(23)24)21-14-8-6-13(7-9-14)12-4-2-1-3-5-12/h1-5,10-11,13-14H,6-9H2,(H,21,22)(H,23,24). The molecule has 6 heteroatoms. The third-order valence-electron chi connectivity index (χ3n) is 4.44. The van der Waals surface area contributed by atoms with Gasteiger partial charge in [-0.25, -0.2) is 14.8 Å². The molecule has 0 radical (unpaired) electrons. The number of nitrogens with one attached hydrogen (secondary N) is 1. The van der Waals surface area contributed by atoms with Crippen LogP contribution in [0.25, 0.3) is 0 Å². The third-order valence-corrected chi connectivity index (χ3v) is 4.44. The lowest BCUT2D eigenvalue weighted by molar-refractivity contribution is 0.0688. The number of carboxylic acids is 1. The Labute approximate surface area is 140 Å². The molecule has 1 fully saturated rings. The number of aromatic carboxylic acids is 1. The number of aromatic nitrogens is 2. The van der Waals surface area contributed by atoms with Gasteiger partial charge >= 0.3 is 5.97 Å². The van der Waals surface area contributed by atoms with Gasteiger partial charge in [-0.2, -0.15) is 0 Å². The van der Waals surface area contributed by atoms with E-state index in [2.05, 4.69) is 39.6 Å². The largest absolute Gasteiger partial charge is 0.476 e. The highest BCUT2D eigenvalue weighted by molar-refractivity contribution is 5.92. The fraction of sp³-hybridized carbons (Fsp3) is 0.333. The van der Waals surface area contributed by atoms with Crippen molar-refractivity contribution in [2.75, 3.05) is 0 Å². The van der Waals surface area contributed by atoms with Crippen LogP contribution in [0, 0.1) is 0 Å². The summed E-state index contributed by atoms with van der Waals surface area (Å²) in [6, 6.07) is 10.6. The van der Waals surface area contributed by atoms with Crippen LogP contribution in [0.1, 0.15) is 58.1 Å². The molecule has 24 heavy (non-hydrogen) atoms. The number of carboxylic acid groups (broad SMARTS) is 1. The fourth-order valence-corrected chi connectivity index (χ4v) is 3.11. The molecule has 1 aliphatic carbocycles. The topological polar surface area (TPSA) is 92.2 Å². The normalized spacial score (nSPS) is 20.3. The average Bonchev–Trinajstić information content (AvgIpc) is 2.63. The van der Waals surface area contributed by atoms with Crippen LogP contribution < -0.4 is 5.32 Å². The lowest BCUT2D eigenvalue weighted by Gasteiger charge is -2.29. The molecule has 3 rings (SSSR count). The van der Waals surface area contributed by atoms with Crippen molar-refractivity contribution >= 4 is 11.9 Å². The van der Waals surface area contributed by atoms with Crippen LogP contribution >= 0.6 is 0 Å². The summed E-state index contributed by atoms with van der Waals surface area (Å²) < 4.78 is 0. The molecular weight excluding hydrogens is 306 g/mol. The minimum absolute atomic E-state index is 0.124. The molecule has 0 bridgehead atoms. The first-order chi connectivity index (χ1) is 11.6. The second-order valence-corrected chi connectivity index (χ2v) is 6.02. The van der Waals surface area contributed by atoms with Gasteiger partial charge in [0.2, 0.25) is 0 Å². The predicted octanol–water partition coefficient (Wildman–Crippen LogP) is 2.63. The highest BCUT2D eigenvalue weighted by atomic mass is 16.4. The van der Waals surface area contributed by atoms with Crippen LogP contribution in [0.3, 0.4) is 0 Å². The second kappa shape index (κ2) is 7.21. The highest BCUT2D eigenvalue weighted by Crippen LogP contribution is 2.32. The Morgan fingerprint density at radius 1 is 0.958 bits per heavy atom. The number of nitrogens with zero attached hydrogens (tertiary/aromatic N) is 2. The molecule has 6 nitrogen and oxygen atoms in total. The summed E-state index contributed by atoms with van der Waals surface area (Å²) in [5.74, 6) is -0.912. The molecule has 1 amide bonds. The average molecular weight is 325 g/mol. The smallest absolute Gasteiger partial charge is 0.356 e. The van der Waals surface area contributed by atoms with E-state index in [0.29, 0.717) is 5.92 Å². The van der Waals surface area contributed by atoms with Crippen molar-refractivity contribution in [2.45, 2.75) is 37.6 Å². The Kier molecular flexibility index (Phi) is 4.84. The molecule has 1 heterocycles. The first kappa shape index (κ1) is 16.1. The zero-order chi connectivity index (χ0) is 16.9. The van der Waals surface area contributed by atoms with Crippen molar-refractivity contribution < 1.29 is 14.7 Å². The molecule has 0 atom stereocenters. The molecule has 0 saturated heterocycles. The second-order valence-electron chi connectivity index (χ2n) is 6.02. The first-order valence-electron chi connectivity index (χ1n) is 8.04. The summed E-state index contributed by atoms with van der Waals surface area (Å²) in [5, 5.41) is 11.8. The fourth-order valence-electron chi connectivity index (χ4n) is 3.11.